The van der Waals surface area contributed by atoms with Gasteiger partial charge in [0.05, 0.1) is 0 Å². The van der Waals surface area contributed by atoms with Crippen LogP contribution in [0.4, 0.5) is 0 Å². The van der Waals surface area contributed by atoms with Crippen molar-refractivity contribution in [1.29, 1.82) is 0 Å². The minimum absolute atomic E-state index is 0.105. The van der Waals surface area contributed by atoms with Crippen molar-refractivity contribution < 1.29 is 28.6 Å². The third-order valence-electron chi connectivity index (χ3n) is 11.6. The largest absolute Gasteiger partial charge is 0.462 e. The van der Waals surface area contributed by atoms with Gasteiger partial charge in [-0.25, -0.2) is 0 Å². The van der Waals surface area contributed by atoms with Crippen molar-refractivity contribution in [2.45, 2.75) is 258 Å². The summed E-state index contributed by atoms with van der Waals surface area (Å²) in [5.41, 5.74) is 0. The highest BCUT2D eigenvalue weighted by atomic mass is 16.6. The topological polar surface area (TPSA) is 78.9 Å². The van der Waals surface area contributed by atoms with E-state index in [1.165, 1.54) is 116 Å². The monoisotopic (exact) mass is 931 g/mol. The number of hydrogen-bond donors (Lipinski definition) is 0. The molecule has 0 aromatic heterocycles. The van der Waals surface area contributed by atoms with Crippen molar-refractivity contribution >= 4 is 17.9 Å². The molecule has 0 saturated carbocycles. The molecule has 0 spiro atoms. The number of carbonyl (C=O) groups is 3. The number of ether oxygens (including phenoxy) is 3. The van der Waals surface area contributed by atoms with Crippen LogP contribution in [0.25, 0.3) is 0 Å². The van der Waals surface area contributed by atoms with Gasteiger partial charge in [-0.05, 0) is 83.5 Å². The second kappa shape index (κ2) is 54.9. The summed E-state index contributed by atoms with van der Waals surface area (Å²) >= 11 is 0. The lowest BCUT2D eigenvalue weighted by molar-refractivity contribution is -0.166. The second-order valence-corrected chi connectivity index (χ2v) is 18.1. The molecule has 0 fully saturated rings. The lowest BCUT2D eigenvalue weighted by Crippen LogP contribution is -2.30. The maximum Gasteiger partial charge on any atom is 0.306 e. The second-order valence-electron chi connectivity index (χ2n) is 18.1. The molecule has 6 heteroatoms. The lowest BCUT2D eigenvalue weighted by Gasteiger charge is -2.18. The first kappa shape index (κ1) is 63.3. The Hall–Kier alpha value is -3.67. The minimum atomic E-state index is -0.814. The molecule has 0 aromatic rings. The average molecular weight is 931 g/mol. The number of hydrogen-bond acceptors (Lipinski definition) is 6. The predicted octanol–water partition coefficient (Wildman–Crippen LogP) is 18.5. The number of rotatable bonds is 49. The first-order valence-corrected chi connectivity index (χ1v) is 27.7. The fraction of sp³-hybridized carbons (Fsp3) is 0.689. The van der Waals surface area contributed by atoms with Crippen LogP contribution in [-0.4, -0.2) is 37.2 Å². The van der Waals surface area contributed by atoms with Crippen LogP contribution in [0.3, 0.4) is 0 Å². The molecule has 0 N–H and O–H groups in total. The van der Waals surface area contributed by atoms with Crippen LogP contribution in [0.5, 0.6) is 0 Å². The molecule has 0 saturated heterocycles. The molecule has 0 aliphatic rings. The van der Waals surface area contributed by atoms with E-state index in [1.54, 1.807) is 0 Å². The summed E-state index contributed by atoms with van der Waals surface area (Å²) in [7, 11) is 0. The highest BCUT2D eigenvalue weighted by Crippen LogP contribution is 2.15. The van der Waals surface area contributed by atoms with Gasteiger partial charge in [0.15, 0.2) is 6.10 Å². The van der Waals surface area contributed by atoms with Gasteiger partial charge in [-0.15, -0.1) is 0 Å². The molecule has 0 aromatic carbocycles. The zero-order valence-electron chi connectivity index (χ0n) is 43.6. The molecule has 0 radical (unpaired) electrons. The Kier molecular flexibility index (Phi) is 51.9. The van der Waals surface area contributed by atoms with Crippen LogP contribution < -0.4 is 0 Å². The van der Waals surface area contributed by atoms with Gasteiger partial charge in [-0.2, -0.15) is 0 Å². The smallest absolute Gasteiger partial charge is 0.306 e. The normalized spacial score (nSPS) is 12.8. The van der Waals surface area contributed by atoms with Gasteiger partial charge in [-0.1, -0.05) is 246 Å². The van der Waals surface area contributed by atoms with Crippen LogP contribution in [-0.2, 0) is 28.6 Å². The van der Waals surface area contributed by atoms with Crippen LogP contribution in [0.2, 0.25) is 0 Å². The van der Waals surface area contributed by atoms with Crippen molar-refractivity contribution in [3.63, 3.8) is 0 Å². The Morgan fingerprint density at radius 1 is 0.313 bits per heavy atom. The Labute approximate surface area is 413 Å². The first-order chi connectivity index (χ1) is 33.0. The van der Waals surface area contributed by atoms with E-state index in [1.807, 2.05) is 12.2 Å². The third-order valence-corrected chi connectivity index (χ3v) is 11.6. The maximum atomic E-state index is 12.8. The van der Waals surface area contributed by atoms with Gasteiger partial charge >= 0.3 is 17.9 Å². The fourth-order valence-electron chi connectivity index (χ4n) is 7.51. The molecule has 382 valence electrons. The molecule has 67 heavy (non-hydrogen) atoms. The van der Waals surface area contributed by atoms with Crippen LogP contribution in [0.1, 0.15) is 252 Å². The number of allylic oxidation sites excluding steroid dienone is 16. The molecule has 0 heterocycles. The van der Waals surface area contributed by atoms with Crippen molar-refractivity contribution in [2.75, 3.05) is 13.2 Å². The average Bonchev–Trinajstić information content (AvgIpc) is 3.33. The molecule has 0 amide bonds. The van der Waals surface area contributed by atoms with E-state index < -0.39 is 12.1 Å². The maximum absolute atomic E-state index is 12.8. The Bertz CT molecular complexity index is 1350. The van der Waals surface area contributed by atoms with Crippen molar-refractivity contribution in [2.24, 2.45) is 0 Å². The van der Waals surface area contributed by atoms with E-state index in [9.17, 15) is 14.4 Å². The summed E-state index contributed by atoms with van der Waals surface area (Å²) in [6, 6.07) is 0. The predicted molar refractivity (Wildman–Crippen MR) is 288 cm³/mol. The lowest BCUT2D eigenvalue weighted by atomic mass is 10.0. The van der Waals surface area contributed by atoms with E-state index in [0.29, 0.717) is 19.3 Å². The van der Waals surface area contributed by atoms with E-state index in [4.69, 9.17) is 14.2 Å². The first-order valence-electron chi connectivity index (χ1n) is 27.7. The number of esters is 3. The van der Waals surface area contributed by atoms with Crippen molar-refractivity contribution in [3.8, 4) is 0 Å². The van der Waals surface area contributed by atoms with E-state index >= 15 is 0 Å². The minimum Gasteiger partial charge on any atom is -0.462 e. The summed E-state index contributed by atoms with van der Waals surface area (Å²) < 4.78 is 16.7. The summed E-state index contributed by atoms with van der Waals surface area (Å²) in [6.45, 7) is 6.34. The van der Waals surface area contributed by atoms with Crippen molar-refractivity contribution in [1.82, 2.24) is 0 Å². The molecule has 1 atom stereocenters. The zero-order valence-corrected chi connectivity index (χ0v) is 43.6. The number of carbonyl (C=O) groups excluding carboxylic acids is 3. The quantitative estimate of drug-likeness (QED) is 0.0262. The zero-order chi connectivity index (χ0) is 48.6. The van der Waals surface area contributed by atoms with Crippen LogP contribution in [0.15, 0.2) is 97.2 Å². The van der Waals surface area contributed by atoms with Gasteiger partial charge in [0.1, 0.15) is 13.2 Å². The van der Waals surface area contributed by atoms with Gasteiger partial charge in [0.2, 0.25) is 0 Å². The third kappa shape index (κ3) is 53.2. The van der Waals surface area contributed by atoms with Gasteiger partial charge < -0.3 is 14.2 Å². The SMILES string of the molecule is CC/C=C\C/C=C\C/C=C\C/C=C\CCCCCCCCCCCCCCC(=O)OCC(COC(=O)CCCCCCCCCCCCC)OC(=O)CC/C=C\C/C=C\C/C=C\C/C=C\CC. The Morgan fingerprint density at radius 3 is 0.970 bits per heavy atom. The van der Waals surface area contributed by atoms with E-state index in [-0.39, 0.29) is 31.6 Å². The summed E-state index contributed by atoms with van der Waals surface area (Å²) in [6.07, 6.45) is 72.8. The van der Waals surface area contributed by atoms with Crippen LogP contribution in [0, 0.1) is 0 Å². The summed E-state index contributed by atoms with van der Waals surface area (Å²) in [4.78, 5) is 38.0. The molecule has 0 aliphatic carbocycles. The highest BCUT2D eigenvalue weighted by Gasteiger charge is 2.19. The fourth-order valence-corrected chi connectivity index (χ4v) is 7.51. The van der Waals surface area contributed by atoms with Crippen LogP contribution >= 0.6 is 0 Å². The van der Waals surface area contributed by atoms with Gasteiger partial charge in [0, 0.05) is 19.3 Å². The molecule has 0 rings (SSSR count). The number of unbranched alkanes of at least 4 members (excludes halogenated alkanes) is 22. The molecule has 6 nitrogen and oxygen atoms in total. The highest BCUT2D eigenvalue weighted by molar-refractivity contribution is 5.71. The Balaban J connectivity index is 4.30. The van der Waals surface area contributed by atoms with Crippen molar-refractivity contribution in [3.05, 3.63) is 97.2 Å². The molecular weight excluding hydrogens is 829 g/mol. The van der Waals surface area contributed by atoms with Gasteiger partial charge in [0.25, 0.3) is 0 Å². The molecule has 0 bridgehead atoms. The van der Waals surface area contributed by atoms with E-state index in [0.717, 1.165) is 89.9 Å². The molecule has 0 aliphatic heterocycles. The van der Waals surface area contributed by atoms with E-state index in [2.05, 4.69) is 106 Å². The Morgan fingerprint density at radius 2 is 0.612 bits per heavy atom. The summed E-state index contributed by atoms with van der Waals surface area (Å²) in [5.74, 6) is -0.989. The molecular formula is C61H102O6. The summed E-state index contributed by atoms with van der Waals surface area (Å²) in [5, 5.41) is 0. The molecule has 1 unspecified atom stereocenters. The van der Waals surface area contributed by atoms with Gasteiger partial charge in [-0.3, -0.25) is 14.4 Å². The standard InChI is InChI=1S/C61H102O6/c1-4-7-10-13-16-19-22-24-25-26-27-28-29-30-31-32-33-34-35-37-39-42-45-48-51-54-60(63)66-57-58(56-65-59(62)53-50-47-44-41-38-21-18-15-12-9-6-3)67-61(64)55-52-49-46-43-40-36-23-20-17-14-11-8-5-2/h7-8,10-11,16-17,19-20,24-25,27-28,36,40,46,49,58H,4-6,9,12-15,18,21-23,26,29-35,37-39,41-45,47-48,50-57H2,1-3H3/b10-7-,11-8-,19-16-,20-17-,25-24-,28-27-,40-36-,49-46-.